The molecule has 0 spiro atoms. The lowest BCUT2D eigenvalue weighted by atomic mass is 9.96. The summed E-state index contributed by atoms with van der Waals surface area (Å²) < 4.78 is 24.6. The third-order valence-electron chi connectivity index (χ3n) is 5.57. The van der Waals surface area contributed by atoms with E-state index in [9.17, 15) is 18.3 Å². The lowest BCUT2D eigenvalue weighted by molar-refractivity contribution is -0.138. The Hall–Kier alpha value is -0.410. The summed E-state index contributed by atoms with van der Waals surface area (Å²) in [6.45, 7) is 4.67. The number of aliphatic hydroxyl groups excluding tert-OH is 1. The molecule has 0 radical (unpaired) electrons. The number of nitrogens with zero attached hydrogens (tertiary/aromatic N) is 3. The zero-order valence-electron chi connectivity index (χ0n) is 14.8. The first kappa shape index (κ1) is 20.9. The Kier molecular flexibility index (Phi) is 7.12. The molecule has 25 heavy (non-hydrogen) atoms. The van der Waals surface area contributed by atoms with Gasteiger partial charge in [-0.25, -0.2) is 12.7 Å². The van der Waals surface area contributed by atoms with Gasteiger partial charge in [0.15, 0.2) is 0 Å². The fourth-order valence-corrected chi connectivity index (χ4v) is 4.61. The predicted molar refractivity (Wildman–Crippen MR) is 98.1 cm³/mol. The van der Waals surface area contributed by atoms with Crippen molar-refractivity contribution < 1.29 is 18.3 Å². The van der Waals surface area contributed by atoms with Crippen molar-refractivity contribution in [2.75, 3.05) is 52.1 Å². The first-order valence-corrected chi connectivity index (χ1v) is 10.8. The van der Waals surface area contributed by atoms with Crippen LogP contribution in [0.1, 0.15) is 25.7 Å². The highest BCUT2D eigenvalue weighted by Gasteiger charge is 2.34. The van der Waals surface area contributed by atoms with E-state index in [2.05, 4.69) is 4.90 Å². The van der Waals surface area contributed by atoms with Crippen LogP contribution >= 0.6 is 12.4 Å². The van der Waals surface area contributed by atoms with E-state index >= 15 is 0 Å². The standard InChI is InChI=1S/C16H29N3O4S.ClH/c1-24(22,23)19-6-4-14(5-7-19)16(21)18-10-8-17(9-11-18)12-15(20)13-2-3-13;/h13-15,20H,2-12H2,1H3;1H. The van der Waals surface area contributed by atoms with Crippen LogP contribution in [0.3, 0.4) is 0 Å². The highest BCUT2D eigenvalue weighted by molar-refractivity contribution is 7.88. The molecular weight excluding hydrogens is 366 g/mol. The molecule has 0 aromatic heterocycles. The number of β-amino-alcohol motifs (C(OH)–C–C–N with tert-alkyl or cyclic N) is 1. The number of hydrogen-bond donors (Lipinski definition) is 1. The number of amides is 1. The van der Waals surface area contributed by atoms with E-state index in [1.54, 1.807) is 0 Å². The molecule has 0 aromatic carbocycles. The maximum absolute atomic E-state index is 12.6. The molecule has 7 nitrogen and oxygen atoms in total. The van der Waals surface area contributed by atoms with Crippen LogP contribution in [-0.2, 0) is 14.8 Å². The van der Waals surface area contributed by atoms with Gasteiger partial charge in [-0.05, 0) is 31.6 Å². The summed E-state index contributed by atoms with van der Waals surface area (Å²) >= 11 is 0. The van der Waals surface area contributed by atoms with Gasteiger partial charge < -0.3 is 10.0 Å². The first-order chi connectivity index (χ1) is 11.3. The number of piperidine rings is 1. The second-order valence-electron chi connectivity index (χ2n) is 7.47. The van der Waals surface area contributed by atoms with Gasteiger partial charge in [0.05, 0.1) is 12.4 Å². The molecule has 146 valence electrons. The van der Waals surface area contributed by atoms with Crippen molar-refractivity contribution in [3.63, 3.8) is 0 Å². The Morgan fingerprint density at radius 3 is 2.08 bits per heavy atom. The number of halogens is 1. The molecule has 3 aliphatic rings. The minimum Gasteiger partial charge on any atom is -0.392 e. The smallest absolute Gasteiger partial charge is 0.225 e. The quantitative estimate of drug-likeness (QED) is 0.708. The van der Waals surface area contributed by atoms with Gasteiger partial charge in [0.2, 0.25) is 15.9 Å². The number of carbonyl (C=O) groups is 1. The van der Waals surface area contributed by atoms with Crippen LogP contribution in [-0.4, -0.2) is 91.7 Å². The first-order valence-electron chi connectivity index (χ1n) is 8.99. The van der Waals surface area contributed by atoms with Crippen LogP contribution < -0.4 is 0 Å². The van der Waals surface area contributed by atoms with Gasteiger partial charge in [0.25, 0.3) is 0 Å². The molecule has 1 amide bonds. The van der Waals surface area contributed by atoms with Gasteiger partial charge in [-0.15, -0.1) is 12.4 Å². The topological polar surface area (TPSA) is 81.2 Å². The van der Waals surface area contributed by atoms with Gasteiger partial charge in [-0.1, -0.05) is 0 Å². The lowest BCUT2D eigenvalue weighted by Crippen LogP contribution is -2.53. The highest BCUT2D eigenvalue weighted by atomic mass is 35.5. The van der Waals surface area contributed by atoms with Crippen molar-refractivity contribution in [3.05, 3.63) is 0 Å². The molecule has 0 aromatic rings. The van der Waals surface area contributed by atoms with E-state index in [0.29, 0.717) is 44.9 Å². The van der Waals surface area contributed by atoms with Crippen LogP contribution in [0.2, 0.25) is 0 Å². The van der Waals surface area contributed by atoms with Crippen molar-refractivity contribution in [1.82, 2.24) is 14.1 Å². The number of hydrogen-bond acceptors (Lipinski definition) is 5. The molecule has 2 saturated heterocycles. The molecule has 2 aliphatic heterocycles. The summed E-state index contributed by atoms with van der Waals surface area (Å²) in [6.07, 6.45) is 4.54. The molecule has 9 heteroatoms. The highest BCUT2D eigenvalue weighted by Crippen LogP contribution is 2.33. The summed E-state index contributed by atoms with van der Waals surface area (Å²) in [5, 5.41) is 10.0. The summed E-state index contributed by atoms with van der Waals surface area (Å²) in [4.78, 5) is 16.8. The van der Waals surface area contributed by atoms with E-state index in [1.165, 1.54) is 10.6 Å². The van der Waals surface area contributed by atoms with Crippen LogP contribution in [0.5, 0.6) is 0 Å². The second-order valence-corrected chi connectivity index (χ2v) is 9.45. The van der Waals surface area contributed by atoms with Crippen molar-refractivity contribution in [3.8, 4) is 0 Å². The third kappa shape index (κ3) is 5.53. The summed E-state index contributed by atoms with van der Waals surface area (Å²) in [7, 11) is -3.14. The molecule has 1 N–H and O–H groups in total. The SMILES string of the molecule is CS(=O)(=O)N1CCC(C(=O)N2CCN(CC(O)C3CC3)CC2)CC1.Cl. The molecule has 1 saturated carbocycles. The Balaban J connectivity index is 0.00000225. The fourth-order valence-electron chi connectivity index (χ4n) is 3.74. The monoisotopic (exact) mass is 395 g/mol. The van der Waals surface area contributed by atoms with Gasteiger partial charge in [-0.2, -0.15) is 0 Å². The van der Waals surface area contributed by atoms with E-state index in [0.717, 1.165) is 32.5 Å². The van der Waals surface area contributed by atoms with Gasteiger partial charge >= 0.3 is 0 Å². The Morgan fingerprint density at radius 2 is 1.60 bits per heavy atom. The van der Waals surface area contributed by atoms with E-state index in [4.69, 9.17) is 0 Å². The number of rotatable bonds is 5. The van der Waals surface area contributed by atoms with Crippen molar-refractivity contribution in [1.29, 1.82) is 0 Å². The lowest BCUT2D eigenvalue weighted by Gasteiger charge is -2.38. The largest absolute Gasteiger partial charge is 0.392 e. The zero-order valence-corrected chi connectivity index (χ0v) is 16.5. The van der Waals surface area contributed by atoms with Crippen molar-refractivity contribution in [2.24, 2.45) is 11.8 Å². The summed E-state index contributed by atoms with van der Waals surface area (Å²) in [6, 6.07) is 0. The predicted octanol–water partition coefficient (Wildman–Crippen LogP) is -0.00510. The Bertz CT molecular complexity index is 554. The van der Waals surface area contributed by atoms with E-state index in [1.807, 2.05) is 4.90 Å². The Labute approximate surface area is 156 Å². The van der Waals surface area contributed by atoms with Gasteiger partial charge in [0, 0.05) is 51.7 Å². The zero-order chi connectivity index (χ0) is 17.3. The van der Waals surface area contributed by atoms with Crippen LogP contribution in [0, 0.1) is 11.8 Å². The number of sulfonamides is 1. The van der Waals surface area contributed by atoms with Gasteiger partial charge in [-0.3, -0.25) is 9.69 Å². The minimum absolute atomic E-state index is 0. The third-order valence-corrected chi connectivity index (χ3v) is 6.87. The van der Waals surface area contributed by atoms with Crippen LogP contribution in [0.15, 0.2) is 0 Å². The molecule has 1 atom stereocenters. The average molecular weight is 396 g/mol. The van der Waals surface area contributed by atoms with Gasteiger partial charge in [0.1, 0.15) is 0 Å². The summed E-state index contributed by atoms with van der Waals surface area (Å²) in [5.41, 5.74) is 0. The molecule has 1 unspecified atom stereocenters. The van der Waals surface area contributed by atoms with E-state index < -0.39 is 10.0 Å². The molecule has 2 heterocycles. The number of aliphatic hydroxyl groups is 1. The molecule has 3 rings (SSSR count). The normalized spacial score (nSPS) is 25.4. The minimum atomic E-state index is -3.14. The molecule has 1 aliphatic carbocycles. The van der Waals surface area contributed by atoms with Crippen molar-refractivity contribution in [2.45, 2.75) is 31.8 Å². The van der Waals surface area contributed by atoms with Crippen LogP contribution in [0.25, 0.3) is 0 Å². The summed E-state index contributed by atoms with van der Waals surface area (Å²) in [5.74, 6) is 0.613. The second kappa shape index (κ2) is 8.52. The number of carbonyl (C=O) groups excluding carboxylic acids is 1. The number of piperazine rings is 1. The van der Waals surface area contributed by atoms with E-state index in [-0.39, 0.29) is 30.3 Å². The molecule has 3 fully saturated rings. The van der Waals surface area contributed by atoms with Crippen molar-refractivity contribution >= 4 is 28.3 Å². The van der Waals surface area contributed by atoms with Crippen LogP contribution in [0.4, 0.5) is 0 Å². The average Bonchev–Trinajstić information content (AvgIpc) is 3.39. The molecule has 0 bridgehead atoms. The fraction of sp³-hybridized carbons (Fsp3) is 0.938. The maximum Gasteiger partial charge on any atom is 0.225 e. The molecular formula is C16H30ClN3O4S. The Morgan fingerprint density at radius 1 is 1.04 bits per heavy atom. The maximum atomic E-state index is 12.6.